The molecule has 5 nitrogen and oxygen atoms in total. The zero-order chi connectivity index (χ0) is 17.1. The molecule has 1 heterocycles. The standard InChI is InChI=1S/C18H23FN2O3/c1-12(20-17(22)14-3-2-4-14)18(23)21-9-10-24-16(11-21)13-5-7-15(19)8-6-13/h5-8,12,14,16H,2-4,9-11H2,1H3,(H,20,22)/t12-,16-/m0/s1. The zero-order valence-corrected chi connectivity index (χ0v) is 13.8. The number of nitrogens with zero attached hydrogens (tertiary/aromatic N) is 1. The van der Waals surface area contributed by atoms with Crippen LogP contribution in [0.5, 0.6) is 0 Å². The second kappa shape index (κ2) is 7.30. The van der Waals surface area contributed by atoms with Crippen molar-refractivity contribution in [1.82, 2.24) is 10.2 Å². The van der Waals surface area contributed by atoms with E-state index < -0.39 is 6.04 Å². The average Bonchev–Trinajstić information content (AvgIpc) is 2.53. The summed E-state index contributed by atoms with van der Waals surface area (Å²) in [5, 5.41) is 2.82. The first-order chi connectivity index (χ1) is 11.5. The van der Waals surface area contributed by atoms with Crippen LogP contribution in [0.2, 0.25) is 0 Å². The highest BCUT2D eigenvalue weighted by Gasteiger charge is 2.31. The molecule has 0 radical (unpaired) electrons. The summed E-state index contributed by atoms with van der Waals surface area (Å²) in [7, 11) is 0. The van der Waals surface area contributed by atoms with Crippen LogP contribution >= 0.6 is 0 Å². The molecule has 0 unspecified atom stereocenters. The van der Waals surface area contributed by atoms with Crippen molar-refractivity contribution >= 4 is 11.8 Å². The average molecular weight is 334 g/mol. The molecule has 1 saturated carbocycles. The van der Waals surface area contributed by atoms with Crippen LogP contribution in [-0.2, 0) is 14.3 Å². The van der Waals surface area contributed by atoms with Gasteiger partial charge in [0.2, 0.25) is 11.8 Å². The normalized spacial score (nSPS) is 22.6. The summed E-state index contributed by atoms with van der Waals surface area (Å²) in [5.41, 5.74) is 0.847. The molecule has 2 aliphatic rings. The van der Waals surface area contributed by atoms with Gasteiger partial charge in [0.05, 0.1) is 13.2 Å². The highest BCUT2D eigenvalue weighted by Crippen LogP contribution is 2.26. The number of carbonyl (C=O) groups excluding carboxylic acids is 2. The predicted molar refractivity (Wildman–Crippen MR) is 86.6 cm³/mol. The Morgan fingerprint density at radius 2 is 2.00 bits per heavy atom. The van der Waals surface area contributed by atoms with E-state index >= 15 is 0 Å². The van der Waals surface area contributed by atoms with Gasteiger partial charge < -0.3 is 15.0 Å². The minimum atomic E-state index is -0.537. The topological polar surface area (TPSA) is 58.6 Å². The van der Waals surface area contributed by atoms with Gasteiger partial charge in [-0.15, -0.1) is 0 Å². The highest BCUT2D eigenvalue weighted by atomic mass is 19.1. The van der Waals surface area contributed by atoms with Gasteiger partial charge in [-0.05, 0) is 37.5 Å². The second-order valence-electron chi connectivity index (χ2n) is 6.55. The minimum absolute atomic E-state index is 0.0227. The van der Waals surface area contributed by atoms with Gasteiger partial charge >= 0.3 is 0 Å². The third-order valence-electron chi connectivity index (χ3n) is 4.83. The van der Waals surface area contributed by atoms with E-state index in [1.807, 2.05) is 0 Å². The van der Waals surface area contributed by atoms with Crippen molar-refractivity contribution in [3.05, 3.63) is 35.6 Å². The molecule has 1 aliphatic carbocycles. The van der Waals surface area contributed by atoms with Gasteiger partial charge in [0, 0.05) is 12.5 Å². The van der Waals surface area contributed by atoms with Crippen molar-refractivity contribution in [1.29, 1.82) is 0 Å². The monoisotopic (exact) mass is 334 g/mol. The third kappa shape index (κ3) is 3.75. The van der Waals surface area contributed by atoms with Gasteiger partial charge in [-0.1, -0.05) is 18.6 Å². The van der Waals surface area contributed by atoms with Crippen molar-refractivity contribution in [2.75, 3.05) is 19.7 Å². The molecule has 2 fully saturated rings. The van der Waals surface area contributed by atoms with Crippen LogP contribution in [0.4, 0.5) is 4.39 Å². The van der Waals surface area contributed by atoms with Crippen molar-refractivity contribution in [2.45, 2.75) is 38.3 Å². The van der Waals surface area contributed by atoms with E-state index in [2.05, 4.69) is 5.32 Å². The predicted octanol–water partition coefficient (Wildman–Crippen LogP) is 2.03. The van der Waals surface area contributed by atoms with Crippen LogP contribution in [0.3, 0.4) is 0 Å². The molecular formula is C18H23FN2O3. The Balaban J connectivity index is 1.57. The largest absolute Gasteiger partial charge is 0.370 e. The second-order valence-corrected chi connectivity index (χ2v) is 6.55. The molecule has 1 aromatic rings. The number of morpholine rings is 1. The maximum atomic E-state index is 13.0. The summed E-state index contributed by atoms with van der Waals surface area (Å²) in [6.45, 7) is 3.06. The first kappa shape index (κ1) is 16.9. The number of hydrogen-bond acceptors (Lipinski definition) is 3. The molecule has 6 heteroatoms. The Hall–Kier alpha value is -1.95. The van der Waals surface area contributed by atoms with E-state index in [0.717, 1.165) is 24.8 Å². The van der Waals surface area contributed by atoms with Crippen LogP contribution in [0.15, 0.2) is 24.3 Å². The first-order valence-corrected chi connectivity index (χ1v) is 8.51. The van der Waals surface area contributed by atoms with Crippen molar-refractivity contribution < 1.29 is 18.7 Å². The lowest BCUT2D eigenvalue weighted by atomic mass is 9.84. The van der Waals surface area contributed by atoms with Gasteiger partial charge in [-0.2, -0.15) is 0 Å². The van der Waals surface area contributed by atoms with Crippen molar-refractivity contribution in [2.24, 2.45) is 5.92 Å². The third-order valence-corrected chi connectivity index (χ3v) is 4.83. The number of ether oxygens (including phenoxy) is 1. The fourth-order valence-corrected chi connectivity index (χ4v) is 3.07. The fourth-order valence-electron chi connectivity index (χ4n) is 3.07. The molecule has 2 amide bonds. The Kier molecular flexibility index (Phi) is 5.14. The van der Waals surface area contributed by atoms with Gasteiger partial charge in [-0.3, -0.25) is 9.59 Å². The molecule has 24 heavy (non-hydrogen) atoms. The molecule has 3 rings (SSSR count). The first-order valence-electron chi connectivity index (χ1n) is 8.51. The number of nitrogens with one attached hydrogen (secondary N) is 1. The number of halogens is 1. The van der Waals surface area contributed by atoms with Gasteiger partial charge in [0.15, 0.2) is 0 Å². The molecule has 0 bridgehead atoms. The van der Waals surface area contributed by atoms with Gasteiger partial charge in [0.25, 0.3) is 0 Å². The summed E-state index contributed by atoms with van der Waals surface area (Å²) < 4.78 is 18.7. The molecule has 1 saturated heterocycles. The molecule has 1 aromatic carbocycles. The number of rotatable bonds is 4. The van der Waals surface area contributed by atoms with E-state index in [4.69, 9.17) is 4.74 Å². The Morgan fingerprint density at radius 1 is 1.29 bits per heavy atom. The number of benzene rings is 1. The Morgan fingerprint density at radius 3 is 2.62 bits per heavy atom. The molecule has 1 aliphatic heterocycles. The molecule has 0 aromatic heterocycles. The molecule has 130 valence electrons. The van der Waals surface area contributed by atoms with E-state index in [9.17, 15) is 14.0 Å². The minimum Gasteiger partial charge on any atom is -0.370 e. The van der Waals surface area contributed by atoms with Gasteiger partial charge in [-0.25, -0.2) is 4.39 Å². The quantitative estimate of drug-likeness (QED) is 0.917. The fraction of sp³-hybridized carbons (Fsp3) is 0.556. The maximum absolute atomic E-state index is 13.0. The number of carbonyl (C=O) groups is 2. The van der Waals surface area contributed by atoms with Crippen LogP contribution in [0.25, 0.3) is 0 Å². The summed E-state index contributed by atoms with van der Waals surface area (Å²) >= 11 is 0. The van der Waals surface area contributed by atoms with Crippen molar-refractivity contribution in [3.8, 4) is 0 Å². The maximum Gasteiger partial charge on any atom is 0.245 e. The smallest absolute Gasteiger partial charge is 0.245 e. The van der Waals surface area contributed by atoms with E-state index in [1.54, 1.807) is 24.0 Å². The van der Waals surface area contributed by atoms with E-state index in [1.165, 1.54) is 12.1 Å². The summed E-state index contributed by atoms with van der Waals surface area (Å²) in [6.07, 6.45) is 2.65. The van der Waals surface area contributed by atoms with Crippen LogP contribution in [0, 0.1) is 11.7 Å². The van der Waals surface area contributed by atoms with E-state index in [-0.39, 0.29) is 29.7 Å². The lowest BCUT2D eigenvalue weighted by molar-refractivity contribution is -0.143. The Labute approximate surface area is 141 Å². The van der Waals surface area contributed by atoms with Crippen molar-refractivity contribution in [3.63, 3.8) is 0 Å². The SMILES string of the molecule is C[C@H](NC(=O)C1CCC1)C(=O)N1CCO[C@H](c2ccc(F)cc2)C1. The molecule has 0 spiro atoms. The lowest BCUT2D eigenvalue weighted by Crippen LogP contribution is -2.52. The van der Waals surface area contributed by atoms with Crippen LogP contribution < -0.4 is 5.32 Å². The van der Waals surface area contributed by atoms with Crippen LogP contribution in [0.1, 0.15) is 37.9 Å². The molecular weight excluding hydrogens is 311 g/mol. The summed E-state index contributed by atoms with van der Waals surface area (Å²) in [4.78, 5) is 26.3. The number of amides is 2. The summed E-state index contributed by atoms with van der Waals surface area (Å²) in [5.74, 6) is -0.352. The van der Waals surface area contributed by atoms with E-state index in [0.29, 0.717) is 19.7 Å². The number of hydrogen-bond donors (Lipinski definition) is 1. The highest BCUT2D eigenvalue weighted by molar-refractivity contribution is 5.88. The Bertz CT molecular complexity index is 601. The lowest BCUT2D eigenvalue weighted by Gasteiger charge is -2.35. The molecule has 2 atom stereocenters. The summed E-state index contributed by atoms with van der Waals surface area (Å²) in [6, 6.07) is 5.60. The molecule has 1 N–H and O–H groups in total. The zero-order valence-electron chi connectivity index (χ0n) is 13.8. The van der Waals surface area contributed by atoms with Gasteiger partial charge in [0.1, 0.15) is 18.0 Å². The van der Waals surface area contributed by atoms with Crippen LogP contribution in [-0.4, -0.2) is 42.5 Å².